The van der Waals surface area contributed by atoms with E-state index in [0.717, 1.165) is 0 Å². The van der Waals surface area contributed by atoms with E-state index in [1.807, 2.05) is 0 Å². The first-order chi connectivity index (χ1) is 2.77. The molecule has 0 amide bonds. The average Bonchev–Trinajstić information content (AvgIpc) is 1.35. The van der Waals surface area contributed by atoms with Crippen molar-refractivity contribution >= 4 is 20.7 Å². The van der Waals surface area contributed by atoms with Crippen molar-refractivity contribution < 1.29 is 9.90 Å². The number of rotatable bonds is 1. The van der Waals surface area contributed by atoms with Gasteiger partial charge in [-0.3, -0.25) is 0 Å². The topological polar surface area (TPSA) is 65.5 Å². The van der Waals surface area contributed by atoms with Gasteiger partial charge >= 0.3 is 39.9 Å². The summed E-state index contributed by atoms with van der Waals surface area (Å²) in [5.74, 6) is 0. The number of hydrogen-bond acceptors (Lipinski definition) is 2. The molecule has 0 aromatic carbocycles. The number of diazo groups is 1. The van der Waals surface area contributed by atoms with Crippen LogP contribution in [0.5, 0.6) is 0 Å². The Kier molecular flexibility index (Phi) is 2.43. The fraction of sp³-hybridized carbons (Fsp3) is 0. The Hall–Kier alpha value is -0.552. The summed E-state index contributed by atoms with van der Waals surface area (Å²) in [7, 11) is 0. The number of carbonyl (C=O) groups is 1. The quantitative estimate of drug-likeness (QED) is 0.417. The normalized spacial score (nSPS) is 8.50. The van der Waals surface area contributed by atoms with Crippen LogP contribution in [0.1, 0.15) is 0 Å². The Morgan fingerprint density at radius 3 is 2.50 bits per heavy atom. The SMILES string of the molecule is N#[N+][AsH]C(=O)O. The monoisotopic (exact) mass is 149 g/mol. The van der Waals surface area contributed by atoms with Crippen LogP contribution in [0.4, 0.5) is 4.79 Å². The molecule has 6 heavy (non-hydrogen) atoms. The third kappa shape index (κ3) is 3.45. The van der Waals surface area contributed by atoms with Gasteiger partial charge in [-0.1, -0.05) is 0 Å². The van der Waals surface area contributed by atoms with Crippen molar-refractivity contribution in [3.05, 3.63) is 3.89 Å². The van der Waals surface area contributed by atoms with Crippen LogP contribution in [0, 0.1) is 5.39 Å². The van der Waals surface area contributed by atoms with Crippen molar-refractivity contribution in [3.8, 4) is 0 Å². The third-order valence-corrected chi connectivity index (χ3v) is 0.757. The summed E-state index contributed by atoms with van der Waals surface area (Å²) in [6, 6.07) is 0. The molecule has 0 spiro atoms. The molecule has 0 rings (SSSR count). The molecule has 0 radical (unpaired) electrons. The molecule has 0 aliphatic heterocycles. The number of hydrogen-bond donors (Lipinski definition) is 1. The van der Waals surface area contributed by atoms with E-state index in [2.05, 4.69) is 3.89 Å². The first-order valence-electron chi connectivity index (χ1n) is 1.10. The van der Waals surface area contributed by atoms with Crippen LogP contribution in [0.15, 0.2) is 0 Å². The molecule has 0 aromatic heterocycles. The number of carboxylic acid groups (broad SMARTS) is 1. The van der Waals surface area contributed by atoms with Crippen molar-refractivity contribution in [2.75, 3.05) is 0 Å². The molecular weight excluding hydrogens is 147 g/mol. The predicted molar refractivity (Wildman–Crippen MR) is 20.3 cm³/mol. The van der Waals surface area contributed by atoms with E-state index in [1.54, 1.807) is 0 Å². The van der Waals surface area contributed by atoms with E-state index < -0.39 is 20.7 Å². The van der Waals surface area contributed by atoms with Gasteiger partial charge in [-0.15, -0.1) is 0 Å². The second-order valence-electron chi connectivity index (χ2n) is 0.517. The second kappa shape index (κ2) is 2.67. The molecule has 0 aliphatic carbocycles. The summed E-state index contributed by atoms with van der Waals surface area (Å²) in [4.78, 5) is 9.40. The molecule has 0 aliphatic rings. The molecule has 4 nitrogen and oxygen atoms in total. The Morgan fingerprint density at radius 1 is 2.00 bits per heavy atom. The summed E-state index contributed by atoms with van der Waals surface area (Å²) in [5.41, 5.74) is 0. The van der Waals surface area contributed by atoms with E-state index in [9.17, 15) is 4.79 Å². The molecule has 32 valence electrons. The predicted octanol–water partition coefficient (Wildman–Crippen LogP) is -0.131. The summed E-state index contributed by atoms with van der Waals surface area (Å²) in [6.07, 6.45) is 0. The van der Waals surface area contributed by atoms with Crippen LogP contribution in [0.25, 0.3) is 3.89 Å². The Bertz CT molecular complexity index is 94.2. The maximum absolute atomic E-state index is 9.40. The van der Waals surface area contributed by atoms with Crippen molar-refractivity contribution in [2.45, 2.75) is 0 Å². The molecule has 0 heterocycles. The standard InChI is InChI=1S/CHAsN2O2/c3-4-2-1(5)6/h2H/p+1. The van der Waals surface area contributed by atoms with Gasteiger partial charge in [0.25, 0.3) is 0 Å². The van der Waals surface area contributed by atoms with Crippen LogP contribution in [-0.4, -0.2) is 25.8 Å². The maximum atomic E-state index is 9.40. The van der Waals surface area contributed by atoms with Crippen molar-refractivity contribution in [3.63, 3.8) is 0 Å². The second-order valence-corrected chi connectivity index (χ2v) is 2.30. The molecule has 1 atom stereocenters. The minimum atomic E-state index is -1.44. The molecule has 1 unspecified atom stereocenters. The summed E-state index contributed by atoms with van der Waals surface area (Å²) in [6.45, 7) is 0. The zero-order valence-electron chi connectivity index (χ0n) is 2.75. The van der Waals surface area contributed by atoms with Gasteiger partial charge in [0.2, 0.25) is 0 Å². The summed E-state index contributed by atoms with van der Waals surface area (Å²) >= 11 is -1.44. The average molecular weight is 149 g/mol. The van der Waals surface area contributed by atoms with Gasteiger partial charge in [0.1, 0.15) is 0 Å². The molecule has 0 saturated carbocycles. The van der Waals surface area contributed by atoms with Crippen molar-refractivity contribution in [1.29, 1.82) is 5.39 Å². The van der Waals surface area contributed by atoms with Crippen LogP contribution < -0.4 is 0 Å². The van der Waals surface area contributed by atoms with E-state index in [-0.39, 0.29) is 0 Å². The van der Waals surface area contributed by atoms with Crippen molar-refractivity contribution in [2.24, 2.45) is 0 Å². The van der Waals surface area contributed by atoms with Gasteiger partial charge in [-0.25, -0.2) is 0 Å². The van der Waals surface area contributed by atoms with Gasteiger partial charge in [0.15, 0.2) is 0 Å². The molecule has 0 saturated heterocycles. The summed E-state index contributed by atoms with van der Waals surface area (Å²) < 4.78 is 1.46. The summed E-state index contributed by atoms with van der Waals surface area (Å²) in [5, 5.41) is 15.3. The van der Waals surface area contributed by atoms with Gasteiger partial charge in [-0.05, 0) is 0 Å². The Balaban J connectivity index is 3.13. The van der Waals surface area contributed by atoms with Crippen molar-refractivity contribution in [1.82, 2.24) is 0 Å². The molecule has 0 bridgehead atoms. The van der Waals surface area contributed by atoms with E-state index in [0.29, 0.717) is 0 Å². The van der Waals surface area contributed by atoms with Crippen LogP contribution in [0.3, 0.4) is 0 Å². The molecule has 1 N–H and O–H groups in total. The fourth-order valence-electron chi connectivity index (χ4n) is 0.0428. The molecule has 5 heteroatoms. The fourth-order valence-corrected chi connectivity index (χ4v) is 0.222. The van der Waals surface area contributed by atoms with E-state index >= 15 is 0 Å². The zero-order chi connectivity index (χ0) is 4.99. The van der Waals surface area contributed by atoms with Gasteiger partial charge < -0.3 is 0 Å². The van der Waals surface area contributed by atoms with Gasteiger partial charge in [0.05, 0.1) is 0 Å². The Labute approximate surface area is 40.7 Å². The minimum absolute atomic E-state index is 1.00. The molecule has 0 aromatic rings. The third-order valence-electron chi connectivity index (χ3n) is 0.146. The molecule has 0 fully saturated rings. The van der Waals surface area contributed by atoms with Crippen LogP contribution >= 0.6 is 0 Å². The first kappa shape index (κ1) is 5.45. The first-order valence-corrected chi connectivity index (χ1v) is 3.09. The van der Waals surface area contributed by atoms with Crippen LogP contribution in [0.2, 0.25) is 0 Å². The van der Waals surface area contributed by atoms with E-state index in [1.165, 1.54) is 0 Å². The molecular formula is CH2AsN2O2+. The zero-order valence-corrected chi connectivity index (χ0v) is 4.85. The Morgan fingerprint density at radius 2 is 2.50 bits per heavy atom. The van der Waals surface area contributed by atoms with Gasteiger partial charge in [-0.2, -0.15) is 0 Å². The van der Waals surface area contributed by atoms with E-state index in [4.69, 9.17) is 10.5 Å². The van der Waals surface area contributed by atoms with Gasteiger partial charge in [0, 0.05) is 0 Å². The number of nitrogens with zero attached hydrogens (tertiary/aromatic N) is 2. The van der Waals surface area contributed by atoms with Crippen LogP contribution in [-0.2, 0) is 0 Å².